The molecule has 96 valence electrons. The molecule has 0 aromatic carbocycles. The maximum atomic E-state index is 11.7. The van der Waals surface area contributed by atoms with Crippen molar-refractivity contribution in [3.05, 3.63) is 12.0 Å². The van der Waals surface area contributed by atoms with Crippen molar-refractivity contribution >= 4 is 15.9 Å². The van der Waals surface area contributed by atoms with E-state index in [1.165, 1.54) is 11.1 Å². The molecule has 1 aromatic rings. The van der Waals surface area contributed by atoms with Gasteiger partial charge in [-0.25, -0.2) is 18.1 Å². The first-order chi connectivity index (χ1) is 7.83. The van der Waals surface area contributed by atoms with Crippen LogP contribution in [-0.2, 0) is 14.8 Å². The fourth-order valence-electron chi connectivity index (χ4n) is 1.13. The zero-order valence-corrected chi connectivity index (χ0v) is 10.8. The van der Waals surface area contributed by atoms with Crippen molar-refractivity contribution in [1.29, 1.82) is 0 Å². The number of hydrogen-bond acceptors (Lipinski definition) is 4. The second kappa shape index (κ2) is 5.28. The minimum absolute atomic E-state index is 0.00676. The standard InChI is InChI=1S/C9H16N4O3S/c1-7-10-6-8(12-7)17(15,16)11-5-4-9(14)13(2)3/h6,11H,4-5H2,1-3H3,(H,10,12). The van der Waals surface area contributed by atoms with Crippen LogP contribution in [-0.4, -0.2) is 49.8 Å². The van der Waals surface area contributed by atoms with Gasteiger partial charge in [0.1, 0.15) is 5.82 Å². The van der Waals surface area contributed by atoms with Gasteiger partial charge < -0.3 is 9.88 Å². The number of carbonyl (C=O) groups excluding carboxylic acids is 1. The number of amides is 1. The number of hydrogen-bond donors (Lipinski definition) is 2. The smallest absolute Gasteiger partial charge is 0.257 e. The monoisotopic (exact) mass is 260 g/mol. The number of nitrogens with one attached hydrogen (secondary N) is 2. The van der Waals surface area contributed by atoms with Gasteiger partial charge in [0.15, 0.2) is 5.03 Å². The molecule has 0 saturated carbocycles. The van der Waals surface area contributed by atoms with E-state index in [1.807, 2.05) is 0 Å². The molecule has 0 aliphatic carbocycles. The number of carbonyl (C=O) groups is 1. The van der Waals surface area contributed by atoms with Gasteiger partial charge in [0, 0.05) is 27.1 Å². The number of aromatic amines is 1. The van der Waals surface area contributed by atoms with Crippen molar-refractivity contribution in [2.45, 2.75) is 18.4 Å². The minimum Gasteiger partial charge on any atom is -0.349 e. The summed E-state index contributed by atoms with van der Waals surface area (Å²) in [5.41, 5.74) is 0. The SMILES string of the molecule is Cc1ncc(S(=O)(=O)NCCC(=O)N(C)C)[nH]1. The first-order valence-electron chi connectivity index (χ1n) is 5.04. The van der Waals surface area contributed by atoms with Crippen LogP contribution in [0.3, 0.4) is 0 Å². The van der Waals surface area contributed by atoms with Gasteiger partial charge in [-0.05, 0) is 6.92 Å². The topological polar surface area (TPSA) is 95.2 Å². The van der Waals surface area contributed by atoms with Gasteiger partial charge in [0.2, 0.25) is 5.91 Å². The molecule has 2 N–H and O–H groups in total. The first-order valence-corrected chi connectivity index (χ1v) is 6.52. The first kappa shape index (κ1) is 13.7. The zero-order chi connectivity index (χ0) is 13.1. The molecule has 1 heterocycles. The molecule has 0 bridgehead atoms. The predicted octanol–water partition coefficient (Wildman–Crippen LogP) is -0.525. The fourth-order valence-corrected chi connectivity index (χ4v) is 2.13. The van der Waals surface area contributed by atoms with Crippen molar-refractivity contribution in [3.63, 3.8) is 0 Å². The van der Waals surface area contributed by atoms with Crippen LogP contribution in [0.25, 0.3) is 0 Å². The maximum absolute atomic E-state index is 11.7. The van der Waals surface area contributed by atoms with E-state index in [4.69, 9.17) is 0 Å². The average Bonchev–Trinajstić information content (AvgIpc) is 2.65. The van der Waals surface area contributed by atoms with Crippen LogP contribution >= 0.6 is 0 Å². The van der Waals surface area contributed by atoms with Crippen LogP contribution in [0.2, 0.25) is 0 Å². The van der Waals surface area contributed by atoms with E-state index in [1.54, 1.807) is 21.0 Å². The number of aromatic nitrogens is 2. The highest BCUT2D eigenvalue weighted by Crippen LogP contribution is 2.04. The van der Waals surface area contributed by atoms with Gasteiger partial charge in [0.05, 0.1) is 6.20 Å². The molecular weight excluding hydrogens is 244 g/mol. The van der Waals surface area contributed by atoms with Crippen LogP contribution in [0.4, 0.5) is 0 Å². The molecule has 0 unspecified atom stereocenters. The van der Waals surface area contributed by atoms with Gasteiger partial charge in [-0.3, -0.25) is 4.79 Å². The van der Waals surface area contributed by atoms with Crippen LogP contribution in [0.5, 0.6) is 0 Å². The van der Waals surface area contributed by atoms with Crippen molar-refractivity contribution < 1.29 is 13.2 Å². The Morgan fingerprint density at radius 2 is 2.18 bits per heavy atom. The lowest BCUT2D eigenvalue weighted by atomic mass is 10.4. The molecule has 0 atom stereocenters. The Morgan fingerprint density at radius 1 is 1.53 bits per heavy atom. The minimum atomic E-state index is -3.60. The Bertz CT molecular complexity index is 492. The number of H-pyrrole nitrogens is 1. The number of rotatable bonds is 5. The summed E-state index contributed by atoms with van der Waals surface area (Å²) in [7, 11) is -0.359. The van der Waals surface area contributed by atoms with Crippen LogP contribution in [0.1, 0.15) is 12.2 Å². The summed E-state index contributed by atoms with van der Waals surface area (Å²) in [4.78, 5) is 19.1. The molecule has 0 aliphatic rings. The molecule has 0 aliphatic heterocycles. The third-order valence-corrected chi connectivity index (χ3v) is 3.47. The van der Waals surface area contributed by atoms with Crippen molar-refractivity contribution in [1.82, 2.24) is 19.6 Å². The highest BCUT2D eigenvalue weighted by Gasteiger charge is 2.16. The van der Waals surface area contributed by atoms with Gasteiger partial charge in [-0.15, -0.1) is 0 Å². The van der Waals surface area contributed by atoms with Crippen molar-refractivity contribution in [2.24, 2.45) is 0 Å². The van der Waals surface area contributed by atoms with E-state index >= 15 is 0 Å². The quantitative estimate of drug-likeness (QED) is 0.744. The molecular formula is C9H16N4O3S. The maximum Gasteiger partial charge on any atom is 0.257 e. The Morgan fingerprint density at radius 3 is 2.65 bits per heavy atom. The predicted molar refractivity (Wildman–Crippen MR) is 61.8 cm³/mol. The van der Waals surface area contributed by atoms with E-state index in [0.29, 0.717) is 5.82 Å². The number of nitrogens with zero attached hydrogens (tertiary/aromatic N) is 2. The Kier molecular flexibility index (Phi) is 4.24. The van der Waals surface area contributed by atoms with Gasteiger partial charge in [0.25, 0.3) is 10.0 Å². The summed E-state index contributed by atoms with van der Waals surface area (Å²) in [6.45, 7) is 1.73. The number of sulfonamides is 1. The average molecular weight is 260 g/mol. The van der Waals surface area contributed by atoms with Crippen LogP contribution in [0, 0.1) is 6.92 Å². The Balaban J connectivity index is 2.55. The highest BCUT2D eigenvalue weighted by atomic mass is 32.2. The normalized spacial score (nSPS) is 11.5. The van der Waals surface area contributed by atoms with E-state index in [2.05, 4.69) is 14.7 Å². The third kappa shape index (κ3) is 3.82. The number of aryl methyl sites for hydroxylation is 1. The molecule has 17 heavy (non-hydrogen) atoms. The van der Waals surface area contributed by atoms with Crippen LogP contribution in [0.15, 0.2) is 11.2 Å². The Labute approximate surface area is 100 Å². The molecule has 0 spiro atoms. The number of imidazole rings is 1. The summed E-state index contributed by atoms with van der Waals surface area (Å²) < 4.78 is 25.7. The van der Waals surface area contributed by atoms with E-state index in [0.717, 1.165) is 0 Å². The Hall–Kier alpha value is -1.41. The lowest BCUT2D eigenvalue weighted by molar-refractivity contribution is -0.128. The summed E-state index contributed by atoms with van der Waals surface area (Å²) in [5, 5.41) is 0.00676. The van der Waals surface area contributed by atoms with Crippen molar-refractivity contribution in [2.75, 3.05) is 20.6 Å². The summed E-state index contributed by atoms with van der Waals surface area (Å²) in [6, 6.07) is 0. The lowest BCUT2D eigenvalue weighted by Crippen LogP contribution is -2.30. The second-order valence-corrected chi connectivity index (χ2v) is 5.50. The summed E-state index contributed by atoms with van der Waals surface area (Å²) in [5.74, 6) is 0.392. The second-order valence-electron chi connectivity index (χ2n) is 3.77. The molecule has 8 heteroatoms. The summed E-state index contributed by atoms with van der Waals surface area (Å²) in [6.07, 6.45) is 1.37. The third-order valence-electron chi connectivity index (χ3n) is 2.10. The van der Waals surface area contributed by atoms with Crippen molar-refractivity contribution in [3.8, 4) is 0 Å². The molecule has 0 fully saturated rings. The summed E-state index contributed by atoms with van der Waals surface area (Å²) >= 11 is 0. The zero-order valence-electron chi connectivity index (χ0n) is 10.0. The lowest BCUT2D eigenvalue weighted by Gasteiger charge is -2.10. The van der Waals surface area contributed by atoms with Crippen LogP contribution < -0.4 is 4.72 Å². The van der Waals surface area contributed by atoms with Gasteiger partial charge >= 0.3 is 0 Å². The van der Waals surface area contributed by atoms with Gasteiger partial charge in [-0.2, -0.15) is 0 Å². The molecule has 1 amide bonds. The molecule has 7 nitrogen and oxygen atoms in total. The fraction of sp³-hybridized carbons (Fsp3) is 0.556. The highest BCUT2D eigenvalue weighted by molar-refractivity contribution is 7.89. The van der Waals surface area contributed by atoms with E-state index < -0.39 is 10.0 Å². The van der Waals surface area contributed by atoms with Gasteiger partial charge in [-0.1, -0.05) is 0 Å². The molecule has 0 saturated heterocycles. The van der Waals surface area contributed by atoms with E-state index in [9.17, 15) is 13.2 Å². The molecule has 1 aromatic heterocycles. The molecule has 0 radical (unpaired) electrons. The largest absolute Gasteiger partial charge is 0.349 e. The van der Waals surface area contributed by atoms with E-state index in [-0.39, 0.29) is 23.9 Å². The molecule has 1 rings (SSSR count).